The number of cyclic esters (lactones) is 1. The van der Waals surface area contributed by atoms with Crippen LogP contribution in [0.4, 0.5) is 0 Å². The Kier molecular flexibility index (Phi) is 12.3. The molecule has 3 fully saturated rings. The maximum atomic E-state index is 14.2. The van der Waals surface area contributed by atoms with Crippen LogP contribution in [0.15, 0.2) is 0 Å². The van der Waals surface area contributed by atoms with E-state index in [1.54, 1.807) is 27.9 Å². The number of carbonyl (C=O) groups excluding carboxylic acids is 2. The molecular formula is C33H61N3O7. The molecule has 10 atom stereocenters. The third-order valence-electron chi connectivity index (χ3n) is 10.5. The van der Waals surface area contributed by atoms with Crippen molar-refractivity contribution in [2.45, 2.75) is 123 Å². The molecule has 3 aliphatic rings. The minimum absolute atomic E-state index is 0.0373. The number of aliphatic hydroxyl groups excluding tert-OH is 1. The van der Waals surface area contributed by atoms with Gasteiger partial charge in [0.15, 0.2) is 12.1 Å². The van der Waals surface area contributed by atoms with Crippen LogP contribution in [0.3, 0.4) is 0 Å². The number of hydrogen-bond acceptors (Lipinski definition) is 10. The minimum Gasteiger partial charge on any atom is -0.463 e. The van der Waals surface area contributed by atoms with Gasteiger partial charge >= 0.3 is 5.97 Å². The topological polar surface area (TPSA) is 101 Å². The Morgan fingerprint density at radius 2 is 1.74 bits per heavy atom. The molecule has 0 aromatic rings. The molecule has 0 radical (unpaired) electrons. The normalized spacial score (nSPS) is 41.1. The third-order valence-corrected chi connectivity index (χ3v) is 10.5. The molecule has 3 aliphatic heterocycles. The lowest BCUT2D eigenvalue weighted by Crippen LogP contribution is -2.59. The fourth-order valence-electron chi connectivity index (χ4n) is 7.66. The lowest BCUT2D eigenvalue weighted by molar-refractivity contribution is -0.295. The van der Waals surface area contributed by atoms with E-state index >= 15 is 0 Å². The number of hydrogen-bond donors (Lipinski definition) is 1. The summed E-state index contributed by atoms with van der Waals surface area (Å²) in [6.07, 6.45) is -0.495. The lowest BCUT2D eigenvalue weighted by atomic mass is 9.74. The number of likely N-dealkylation sites (N-methyl/N-ethyl adjacent to an activating group) is 2. The molecule has 0 unspecified atom stereocenters. The van der Waals surface area contributed by atoms with Crippen molar-refractivity contribution in [3.63, 3.8) is 0 Å². The second-order valence-corrected chi connectivity index (χ2v) is 15.0. The van der Waals surface area contributed by atoms with Crippen LogP contribution < -0.4 is 0 Å². The van der Waals surface area contributed by atoms with Crippen LogP contribution in [-0.4, -0.2) is 134 Å². The van der Waals surface area contributed by atoms with E-state index in [-0.39, 0.29) is 36.5 Å². The van der Waals surface area contributed by atoms with Gasteiger partial charge in [-0.05, 0) is 100 Å². The van der Waals surface area contributed by atoms with Gasteiger partial charge in [0.2, 0.25) is 0 Å². The molecule has 0 spiro atoms. The molecule has 0 saturated carbocycles. The third kappa shape index (κ3) is 8.18. The smallest absolute Gasteiger partial charge is 0.319 e. The molecule has 43 heavy (non-hydrogen) atoms. The first kappa shape index (κ1) is 36.3. The van der Waals surface area contributed by atoms with Crippen molar-refractivity contribution in [3.8, 4) is 0 Å². The maximum absolute atomic E-state index is 14.2. The molecule has 3 saturated heterocycles. The van der Waals surface area contributed by atoms with Crippen molar-refractivity contribution in [1.82, 2.24) is 14.7 Å². The number of ketones is 1. The van der Waals surface area contributed by atoms with Gasteiger partial charge in [0, 0.05) is 44.2 Å². The number of aliphatic hydroxyl groups is 1. The van der Waals surface area contributed by atoms with Gasteiger partial charge < -0.3 is 33.9 Å². The Bertz CT molecular complexity index is 945. The number of nitrogens with zero attached hydrogens (tertiary/aromatic N) is 3. The molecule has 1 N–H and O–H groups in total. The molecule has 0 bridgehead atoms. The average Bonchev–Trinajstić information content (AvgIpc) is 3.41. The van der Waals surface area contributed by atoms with E-state index in [9.17, 15) is 14.7 Å². The van der Waals surface area contributed by atoms with E-state index in [0.717, 1.165) is 26.1 Å². The van der Waals surface area contributed by atoms with Gasteiger partial charge in [-0.2, -0.15) is 0 Å². The summed E-state index contributed by atoms with van der Waals surface area (Å²) in [6.45, 7) is 18.6. The zero-order valence-electron chi connectivity index (χ0n) is 29.0. The highest BCUT2D eigenvalue weighted by atomic mass is 16.7. The number of ether oxygens (including phenoxy) is 4. The Hall–Kier alpha value is -1.14. The van der Waals surface area contributed by atoms with E-state index in [4.69, 9.17) is 18.9 Å². The van der Waals surface area contributed by atoms with Gasteiger partial charge in [-0.1, -0.05) is 13.8 Å². The molecule has 10 heteroatoms. The van der Waals surface area contributed by atoms with Crippen molar-refractivity contribution < 1.29 is 33.6 Å². The van der Waals surface area contributed by atoms with Crippen molar-refractivity contribution in [2.75, 3.05) is 54.5 Å². The van der Waals surface area contributed by atoms with Crippen molar-refractivity contribution >= 4 is 11.8 Å². The van der Waals surface area contributed by atoms with Crippen LogP contribution in [0.25, 0.3) is 0 Å². The van der Waals surface area contributed by atoms with Crippen molar-refractivity contribution in [1.29, 1.82) is 0 Å². The molecule has 3 heterocycles. The van der Waals surface area contributed by atoms with Crippen molar-refractivity contribution in [2.24, 2.45) is 23.2 Å². The second kappa shape index (κ2) is 14.5. The lowest BCUT2D eigenvalue weighted by Gasteiger charge is -2.47. The quantitative estimate of drug-likeness (QED) is 0.356. The molecule has 0 aromatic heterocycles. The highest BCUT2D eigenvalue weighted by Gasteiger charge is 2.51. The van der Waals surface area contributed by atoms with Gasteiger partial charge in [0.25, 0.3) is 0 Å². The predicted octanol–water partition coefficient (Wildman–Crippen LogP) is 3.05. The summed E-state index contributed by atoms with van der Waals surface area (Å²) >= 11 is 0. The number of methoxy groups -OCH3 is 1. The second-order valence-electron chi connectivity index (χ2n) is 15.0. The average molecular weight is 612 g/mol. The molecule has 10 nitrogen and oxygen atoms in total. The number of likely N-dealkylation sites (tertiary alicyclic amines) is 1. The molecule has 0 aromatic carbocycles. The highest BCUT2D eigenvalue weighted by Crippen LogP contribution is 2.38. The Morgan fingerprint density at radius 1 is 1.09 bits per heavy atom. The highest BCUT2D eigenvalue weighted by molar-refractivity contribution is 6.04. The zero-order valence-corrected chi connectivity index (χ0v) is 29.0. The Morgan fingerprint density at radius 3 is 2.30 bits per heavy atom. The van der Waals surface area contributed by atoms with Crippen LogP contribution in [-0.2, 0) is 28.5 Å². The molecule has 3 rings (SSSR count). The number of Topliss-reactive ketones (excluding diaryl/α,β-unsaturated/α-hetero) is 1. The predicted molar refractivity (Wildman–Crippen MR) is 167 cm³/mol. The summed E-state index contributed by atoms with van der Waals surface area (Å²) in [5, 5.41) is 11.3. The number of rotatable bonds is 6. The van der Waals surface area contributed by atoms with Crippen LogP contribution in [0.5, 0.6) is 0 Å². The van der Waals surface area contributed by atoms with Gasteiger partial charge in [0.1, 0.15) is 18.1 Å². The number of esters is 1. The van der Waals surface area contributed by atoms with Gasteiger partial charge in [0.05, 0.1) is 17.8 Å². The van der Waals surface area contributed by atoms with Gasteiger partial charge in [-0.25, -0.2) is 0 Å². The number of carbonyl (C=O) groups is 2. The van der Waals surface area contributed by atoms with Crippen LogP contribution in [0, 0.1) is 23.2 Å². The SMILES string of the molecule is CO[C@]1(C)C[C@@H](C)CN(C)[C@H]([C@@H]2CCN(C(C)C)C2)COC(=O)C(C)(C)C(=O)[C@H](C)[C@H]1O[C@@H]1O[C@H](C)C[C@H](N(C)C)[C@H]1O. The summed E-state index contributed by atoms with van der Waals surface area (Å²) in [5.41, 5.74) is -2.30. The van der Waals surface area contributed by atoms with E-state index < -0.39 is 41.4 Å². The molecule has 0 aliphatic carbocycles. The maximum Gasteiger partial charge on any atom is 0.319 e. The largest absolute Gasteiger partial charge is 0.463 e. The summed E-state index contributed by atoms with van der Waals surface area (Å²) in [4.78, 5) is 34.6. The standard InChI is InChI=1S/C33H61N3O7/c1-20(2)36-14-13-24(18-36)26-19-41-31(39)32(6,7)28(38)23(5)29(33(8,40-12)16-21(3)17-35(26)11)43-30-27(37)25(34(9)10)15-22(4)42-30/h20-27,29-30,37H,13-19H2,1-12H3/t21-,22-,23+,24-,25+,26+,27-,29-,30+,33-/m1/s1. The van der Waals surface area contributed by atoms with E-state index in [2.05, 4.69) is 37.6 Å². The van der Waals surface area contributed by atoms with Crippen LogP contribution in [0.1, 0.15) is 74.7 Å². The summed E-state index contributed by atoms with van der Waals surface area (Å²) < 4.78 is 25.0. The zero-order chi connectivity index (χ0) is 32.4. The summed E-state index contributed by atoms with van der Waals surface area (Å²) in [6, 6.07) is 0.336. The molecular weight excluding hydrogens is 550 g/mol. The van der Waals surface area contributed by atoms with Gasteiger partial charge in [-0.3, -0.25) is 14.5 Å². The first-order valence-electron chi connectivity index (χ1n) is 16.3. The molecule has 250 valence electrons. The molecule has 0 amide bonds. The van der Waals surface area contributed by atoms with Crippen LogP contribution >= 0.6 is 0 Å². The van der Waals surface area contributed by atoms with E-state index in [0.29, 0.717) is 24.8 Å². The van der Waals surface area contributed by atoms with E-state index in [1.165, 1.54) is 0 Å². The summed E-state index contributed by atoms with van der Waals surface area (Å²) in [5.74, 6) is -1.02. The fourth-order valence-corrected chi connectivity index (χ4v) is 7.66. The summed E-state index contributed by atoms with van der Waals surface area (Å²) in [7, 11) is 7.61. The monoisotopic (exact) mass is 611 g/mol. The first-order chi connectivity index (χ1) is 19.9. The van der Waals surface area contributed by atoms with E-state index in [1.807, 2.05) is 32.8 Å². The minimum atomic E-state index is -1.40. The Labute approximate surface area is 260 Å². The van der Waals surface area contributed by atoms with Crippen molar-refractivity contribution in [3.05, 3.63) is 0 Å². The Balaban J connectivity index is 1.98. The fraction of sp³-hybridized carbons (Fsp3) is 0.939. The van der Waals surface area contributed by atoms with Gasteiger partial charge in [-0.15, -0.1) is 0 Å². The van der Waals surface area contributed by atoms with Crippen LogP contribution in [0.2, 0.25) is 0 Å². The first-order valence-corrected chi connectivity index (χ1v) is 16.3.